The summed E-state index contributed by atoms with van der Waals surface area (Å²) in [5.74, 6) is 0.373. The van der Waals surface area contributed by atoms with Crippen molar-refractivity contribution in [1.82, 2.24) is 14.5 Å². The van der Waals surface area contributed by atoms with Crippen molar-refractivity contribution in [1.29, 1.82) is 0 Å². The number of carbonyl (C=O) groups is 1. The summed E-state index contributed by atoms with van der Waals surface area (Å²) < 4.78 is 31.6. The van der Waals surface area contributed by atoms with Crippen molar-refractivity contribution in [2.45, 2.75) is 4.90 Å². The van der Waals surface area contributed by atoms with E-state index in [2.05, 4.69) is 9.62 Å². The number of rotatable bonds is 5. The van der Waals surface area contributed by atoms with E-state index in [1.807, 2.05) is 7.05 Å². The molecule has 0 bridgehead atoms. The molecule has 0 aliphatic carbocycles. The molecule has 0 saturated carbocycles. The Kier molecular flexibility index (Phi) is 5.38. The summed E-state index contributed by atoms with van der Waals surface area (Å²) in [7, 11) is -0.189. The van der Waals surface area contributed by atoms with E-state index in [0.29, 0.717) is 18.8 Å². The van der Waals surface area contributed by atoms with Crippen LogP contribution in [0.3, 0.4) is 0 Å². The number of piperazine rings is 1. The number of benzene rings is 1. The number of nitrogens with zero attached hydrogens (tertiary/aromatic N) is 2. The predicted octanol–water partition coefficient (Wildman–Crippen LogP) is -0.252. The smallest absolute Gasteiger partial charge is 0.241 e. The SMILES string of the molecule is COc1ccc(S(=O)(=O)NCC(=O)N2CCN(C)CC2)cc1. The highest BCUT2D eigenvalue weighted by Crippen LogP contribution is 2.15. The molecule has 1 aliphatic heterocycles. The van der Waals surface area contributed by atoms with Gasteiger partial charge in [-0.25, -0.2) is 13.1 Å². The maximum absolute atomic E-state index is 12.1. The third kappa shape index (κ3) is 4.19. The van der Waals surface area contributed by atoms with Gasteiger partial charge in [0.15, 0.2) is 0 Å². The molecule has 1 N–H and O–H groups in total. The van der Waals surface area contributed by atoms with Crippen LogP contribution in [-0.2, 0) is 14.8 Å². The van der Waals surface area contributed by atoms with Gasteiger partial charge >= 0.3 is 0 Å². The number of sulfonamides is 1. The number of nitrogens with one attached hydrogen (secondary N) is 1. The molecule has 1 aromatic rings. The van der Waals surface area contributed by atoms with Crippen molar-refractivity contribution in [3.8, 4) is 5.75 Å². The van der Waals surface area contributed by atoms with Gasteiger partial charge in [0.25, 0.3) is 0 Å². The summed E-state index contributed by atoms with van der Waals surface area (Å²) in [4.78, 5) is 16.0. The highest BCUT2D eigenvalue weighted by molar-refractivity contribution is 7.89. The molecule has 1 amide bonds. The minimum Gasteiger partial charge on any atom is -0.497 e. The molecule has 0 unspecified atom stereocenters. The maximum Gasteiger partial charge on any atom is 0.241 e. The molecule has 22 heavy (non-hydrogen) atoms. The van der Waals surface area contributed by atoms with Gasteiger partial charge < -0.3 is 14.5 Å². The standard InChI is InChI=1S/C14H21N3O4S/c1-16-7-9-17(10-8-16)14(18)11-15-22(19,20)13-5-3-12(21-2)4-6-13/h3-6,15H,7-11H2,1-2H3. The van der Waals surface area contributed by atoms with Crippen LogP contribution in [0.1, 0.15) is 0 Å². The van der Waals surface area contributed by atoms with Gasteiger partial charge in [0.2, 0.25) is 15.9 Å². The third-order valence-electron chi connectivity index (χ3n) is 3.64. The molecule has 0 atom stereocenters. The van der Waals surface area contributed by atoms with E-state index in [9.17, 15) is 13.2 Å². The van der Waals surface area contributed by atoms with Crippen molar-refractivity contribution < 1.29 is 17.9 Å². The molecule has 122 valence electrons. The number of carbonyl (C=O) groups excluding carboxylic acids is 1. The molecule has 1 heterocycles. The fourth-order valence-corrected chi connectivity index (χ4v) is 3.14. The van der Waals surface area contributed by atoms with Gasteiger partial charge in [0.05, 0.1) is 18.6 Å². The minimum absolute atomic E-state index is 0.111. The Hall–Kier alpha value is -1.64. The number of hydrogen-bond acceptors (Lipinski definition) is 5. The van der Waals surface area contributed by atoms with Gasteiger partial charge in [-0.15, -0.1) is 0 Å². The summed E-state index contributed by atoms with van der Waals surface area (Å²) in [6.45, 7) is 2.63. The maximum atomic E-state index is 12.1. The van der Waals surface area contributed by atoms with Gasteiger partial charge in [0, 0.05) is 26.2 Å². The Morgan fingerprint density at radius 1 is 1.18 bits per heavy atom. The van der Waals surface area contributed by atoms with Crippen LogP contribution < -0.4 is 9.46 Å². The Morgan fingerprint density at radius 2 is 1.77 bits per heavy atom. The highest BCUT2D eigenvalue weighted by atomic mass is 32.2. The molecular weight excluding hydrogens is 306 g/mol. The summed E-state index contributed by atoms with van der Waals surface area (Å²) in [6.07, 6.45) is 0. The number of hydrogen-bond donors (Lipinski definition) is 1. The van der Waals surface area contributed by atoms with E-state index >= 15 is 0 Å². The van der Waals surface area contributed by atoms with E-state index < -0.39 is 10.0 Å². The third-order valence-corrected chi connectivity index (χ3v) is 5.06. The Bertz CT molecular complexity index is 607. The van der Waals surface area contributed by atoms with Crippen molar-refractivity contribution in [2.75, 3.05) is 46.9 Å². The molecule has 1 fully saturated rings. The lowest BCUT2D eigenvalue weighted by atomic mass is 10.3. The molecule has 0 spiro atoms. The topological polar surface area (TPSA) is 78.9 Å². The largest absolute Gasteiger partial charge is 0.497 e. The summed E-state index contributed by atoms with van der Waals surface area (Å²) in [5.41, 5.74) is 0. The first kappa shape index (κ1) is 16.7. The molecular formula is C14H21N3O4S. The van der Waals surface area contributed by atoms with Crippen LogP contribution in [0.4, 0.5) is 0 Å². The fraction of sp³-hybridized carbons (Fsp3) is 0.500. The van der Waals surface area contributed by atoms with Crippen LogP contribution in [-0.4, -0.2) is 71.0 Å². The van der Waals surface area contributed by atoms with Crippen LogP contribution in [0, 0.1) is 0 Å². The zero-order valence-corrected chi connectivity index (χ0v) is 13.6. The van der Waals surface area contributed by atoms with Crippen molar-refractivity contribution in [3.05, 3.63) is 24.3 Å². The summed E-state index contributed by atoms with van der Waals surface area (Å²) in [5, 5.41) is 0. The molecule has 7 nitrogen and oxygen atoms in total. The van der Waals surface area contributed by atoms with E-state index in [1.54, 1.807) is 17.0 Å². The molecule has 2 rings (SSSR count). The van der Waals surface area contributed by atoms with Gasteiger partial charge in [0.1, 0.15) is 5.75 Å². The van der Waals surface area contributed by atoms with Crippen LogP contribution in [0.25, 0.3) is 0 Å². The molecule has 0 radical (unpaired) electrons. The van der Waals surface area contributed by atoms with E-state index in [0.717, 1.165) is 13.1 Å². The normalized spacial score (nSPS) is 16.5. The van der Waals surface area contributed by atoms with Crippen LogP contribution in [0.15, 0.2) is 29.2 Å². The zero-order chi connectivity index (χ0) is 16.2. The first-order valence-corrected chi connectivity index (χ1v) is 8.51. The first-order chi connectivity index (χ1) is 10.4. The minimum atomic E-state index is -3.69. The van der Waals surface area contributed by atoms with Gasteiger partial charge in [-0.2, -0.15) is 0 Å². The Labute approximate surface area is 130 Å². The number of ether oxygens (including phenoxy) is 1. The fourth-order valence-electron chi connectivity index (χ4n) is 2.16. The molecule has 1 saturated heterocycles. The molecule has 1 aliphatic rings. The average Bonchev–Trinajstić information content (AvgIpc) is 2.53. The predicted molar refractivity (Wildman–Crippen MR) is 82.3 cm³/mol. The van der Waals surface area contributed by atoms with Crippen LogP contribution in [0.2, 0.25) is 0 Å². The number of methoxy groups -OCH3 is 1. The Balaban J connectivity index is 1.92. The highest BCUT2D eigenvalue weighted by Gasteiger charge is 2.21. The lowest BCUT2D eigenvalue weighted by Crippen LogP contribution is -2.50. The number of amides is 1. The second-order valence-electron chi connectivity index (χ2n) is 5.18. The van der Waals surface area contributed by atoms with Crippen LogP contribution >= 0.6 is 0 Å². The average molecular weight is 327 g/mol. The summed E-state index contributed by atoms with van der Waals surface area (Å²) >= 11 is 0. The van der Waals surface area contributed by atoms with Crippen molar-refractivity contribution >= 4 is 15.9 Å². The summed E-state index contributed by atoms with van der Waals surface area (Å²) in [6, 6.07) is 6.02. The second kappa shape index (κ2) is 7.08. The van der Waals surface area contributed by atoms with Gasteiger partial charge in [-0.1, -0.05) is 0 Å². The Morgan fingerprint density at radius 3 is 2.32 bits per heavy atom. The monoisotopic (exact) mass is 327 g/mol. The van der Waals surface area contributed by atoms with Crippen molar-refractivity contribution in [2.24, 2.45) is 0 Å². The van der Waals surface area contributed by atoms with E-state index in [4.69, 9.17) is 4.74 Å². The quantitative estimate of drug-likeness (QED) is 0.807. The molecule has 0 aromatic heterocycles. The second-order valence-corrected chi connectivity index (χ2v) is 6.95. The molecule has 8 heteroatoms. The number of likely N-dealkylation sites (N-methyl/N-ethyl adjacent to an activating group) is 1. The van der Waals surface area contributed by atoms with Gasteiger partial charge in [-0.3, -0.25) is 4.79 Å². The first-order valence-electron chi connectivity index (χ1n) is 7.02. The van der Waals surface area contributed by atoms with Crippen molar-refractivity contribution in [3.63, 3.8) is 0 Å². The zero-order valence-electron chi connectivity index (χ0n) is 12.8. The van der Waals surface area contributed by atoms with Gasteiger partial charge in [-0.05, 0) is 31.3 Å². The lowest BCUT2D eigenvalue weighted by Gasteiger charge is -2.32. The van der Waals surface area contributed by atoms with Crippen LogP contribution in [0.5, 0.6) is 5.75 Å². The van der Waals surface area contributed by atoms with E-state index in [1.165, 1.54) is 19.2 Å². The van der Waals surface area contributed by atoms with E-state index in [-0.39, 0.29) is 17.3 Å². The lowest BCUT2D eigenvalue weighted by molar-refractivity contribution is -0.131. The molecule has 1 aromatic carbocycles.